The molecule has 0 spiro atoms. The smallest absolute Gasteiger partial charge is 0.279 e. The van der Waals surface area contributed by atoms with E-state index >= 15 is 0 Å². The summed E-state index contributed by atoms with van der Waals surface area (Å²) in [4.78, 5) is 28.3. The fourth-order valence-electron chi connectivity index (χ4n) is 3.24. The fourth-order valence-corrected chi connectivity index (χ4v) is 4.28. The molecule has 0 aliphatic carbocycles. The largest absolute Gasteiger partial charge is 0.383 e. The number of amides is 1. The van der Waals surface area contributed by atoms with Gasteiger partial charge in [-0.2, -0.15) is 4.99 Å². The first kappa shape index (κ1) is 20.6. The van der Waals surface area contributed by atoms with Gasteiger partial charge in [0.2, 0.25) is 0 Å². The topological polar surface area (TPSA) is 86.7 Å². The fraction of sp³-hybridized carbons (Fsp3) is 0.130. The van der Waals surface area contributed by atoms with E-state index in [-0.39, 0.29) is 11.6 Å². The Hall–Kier alpha value is -3.62. The third kappa shape index (κ3) is 4.45. The molecule has 0 saturated carbocycles. The van der Waals surface area contributed by atoms with Gasteiger partial charge in [-0.3, -0.25) is 14.9 Å². The van der Waals surface area contributed by atoms with Crippen LogP contribution < -0.4 is 4.80 Å². The number of nitrogens with zero attached hydrogens (tertiary/aromatic N) is 3. The van der Waals surface area contributed by atoms with Crippen molar-refractivity contribution in [2.75, 3.05) is 13.7 Å². The van der Waals surface area contributed by atoms with E-state index in [1.54, 1.807) is 29.9 Å². The molecule has 1 amide bonds. The predicted molar refractivity (Wildman–Crippen MR) is 120 cm³/mol. The van der Waals surface area contributed by atoms with Crippen LogP contribution in [0.25, 0.3) is 21.3 Å². The molecule has 0 aliphatic heterocycles. The van der Waals surface area contributed by atoms with Crippen LogP contribution in [-0.4, -0.2) is 29.1 Å². The van der Waals surface area contributed by atoms with Gasteiger partial charge in [0.25, 0.3) is 11.6 Å². The van der Waals surface area contributed by atoms with Crippen molar-refractivity contribution >= 4 is 33.1 Å². The average molecular weight is 433 g/mol. The van der Waals surface area contributed by atoms with Crippen molar-refractivity contribution in [3.63, 3.8) is 0 Å². The molecule has 7 nitrogen and oxygen atoms in total. The van der Waals surface area contributed by atoms with Gasteiger partial charge in [0.05, 0.1) is 21.7 Å². The van der Waals surface area contributed by atoms with Gasteiger partial charge in [0.15, 0.2) is 4.80 Å². The average Bonchev–Trinajstić information content (AvgIpc) is 3.14. The molecule has 0 radical (unpaired) electrons. The van der Waals surface area contributed by atoms with E-state index < -0.39 is 4.92 Å². The Morgan fingerprint density at radius 2 is 1.77 bits per heavy atom. The molecule has 0 unspecified atom stereocenters. The van der Waals surface area contributed by atoms with Crippen LogP contribution in [-0.2, 0) is 11.3 Å². The van der Waals surface area contributed by atoms with Gasteiger partial charge >= 0.3 is 0 Å². The number of non-ortho nitro benzene ring substituents is 1. The highest BCUT2D eigenvalue weighted by atomic mass is 32.1. The zero-order valence-corrected chi connectivity index (χ0v) is 17.5. The molecule has 1 heterocycles. The van der Waals surface area contributed by atoms with Crippen LogP contribution in [0.1, 0.15) is 10.4 Å². The second kappa shape index (κ2) is 9.03. The number of ether oxygens (including phenoxy) is 1. The minimum Gasteiger partial charge on any atom is -0.383 e. The first-order valence-corrected chi connectivity index (χ1v) is 10.4. The van der Waals surface area contributed by atoms with Crippen LogP contribution in [0.2, 0.25) is 0 Å². The van der Waals surface area contributed by atoms with E-state index in [0.29, 0.717) is 29.0 Å². The first-order valence-electron chi connectivity index (χ1n) is 9.58. The molecule has 0 atom stereocenters. The van der Waals surface area contributed by atoms with Gasteiger partial charge in [-0.15, -0.1) is 0 Å². The van der Waals surface area contributed by atoms with Crippen LogP contribution >= 0.6 is 11.3 Å². The summed E-state index contributed by atoms with van der Waals surface area (Å²) in [6.45, 7) is 0.818. The lowest BCUT2D eigenvalue weighted by molar-refractivity contribution is -0.384. The highest BCUT2D eigenvalue weighted by Crippen LogP contribution is 2.23. The molecule has 156 valence electrons. The Kier molecular flexibility index (Phi) is 6.01. The Bertz CT molecular complexity index is 1310. The maximum Gasteiger partial charge on any atom is 0.279 e. The number of nitro groups is 1. The van der Waals surface area contributed by atoms with Crippen LogP contribution in [0.4, 0.5) is 5.69 Å². The summed E-state index contributed by atoms with van der Waals surface area (Å²) in [6, 6.07) is 21.8. The maximum atomic E-state index is 12.8. The van der Waals surface area contributed by atoms with Crippen LogP contribution in [0.5, 0.6) is 0 Å². The third-order valence-electron chi connectivity index (χ3n) is 4.83. The van der Waals surface area contributed by atoms with Gasteiger partial charge in [0.1, 0.15) is 0 Å². The first-order chi connectivity index (χ1) is 15.1. The van der Waals surface area contributed by atoms with Crippen molar-refractivity contribution in [2.45, 2.75) is 6.54 Å². The normalized spacial score (nSPS) is 11.7. The molecule has 4 rings (SSSR count). The number of hydrogen-bond acceptors (Lipinski definition) is 5. The number of rotatable bonds is 6. The summed E-state index contributed by atoms with van der Waals surface area (Å²) < 4.78 is 7.76. The zero-order valence-electron chi connectivity index (χ0n) is 16.7. The highest BCUT2D eigenvalue weighted by molar-refractivity contribution is 7.16. The summed E-state index contributed by atoms with van der Waals surface area (Å²) in [5.74, 6) is -0.369. The van der Waals surface area contributed by atoms with Gasteiger partial charge in [-0.25, -0.2) is 0 Å². The maximum absolute atomic E-state index is 12.8. The molecule has 8 heteroatoms. The Labute approximate surface area is 182 Å². The third-order valence-corrected chi connectivity index (χ3v) is 5.89. The summed E-state index contributed by atoms with van der Waals surface area (Å²) >= 11 is 1.32. The van der Waals surface area contributed by atoms with E-state index in [1.165, 1.54) is 23.5 Å². The monoisotopic (exact) mass is 433 g/mol. The lowest BCUT2D eigenvalue weighted by Crippen LogP contribution is -2.19. The molecule has 3 aromatic carbocycles. The van der Waals surface area contributed by atoms with Gasteiger partial charge in [0, 0.05) is 31.4 Å². The summed E-state index contributed by atoms with van der Waals surface area (Å²) in [5, 5.41) is 11.2. The van der Waals surface area contributed by atoms with E-state index in [4.69, 9.17) is 4.74 Å². The lowest BCUT2D eigenvalue weighted by Gasteiger charge is -2.04. The van der Waals surface area contributed by atoms with Gasteiger partial charge in [-0.1, -0.05) is 53.8 Å². The van der Waals surface area contributed by atoms with E-state index in [2.05, 4.69) is 4.99 Å². The molecule has 1 aromatic heterocycles. The molecule has 0 aliphatic rings. The molecule has 4 aromatic rings. The second-order valence-electron chi connectivity index (χ2n) is 6.80. The number of fused-ring (bicyclic) bond motifs is 1. The molecule has 0 bridgehead atoms. The molecule has 0 saturated heterocycles. The zero-order chi connectivity index (χ0) is 21.8. The second-order valence-corrected chi connectivity index (χ2v) is 7.81. The van der Waals surface area contributed by atoms with Crippen molar-refractivity contribution in [3.05, 3.63) is 93.3 Å². The number of carbonyl (C=O) groups is 1. The minimum absolute atomic E-state index is 0.00848. The number of aromatic nitrogens is 1. The van der Waals surface area contributed by atoms with Crippen molar-refractivity contribution in [3.8, 4) is 11.1 Å². The molecule has 0 N–H and O–H groups in total. The molecular weight excluding hydrogens is 414 g/mol. The van der Waals surface area contributed by atoms with Gasteiger partial charge in [-0.05, 0) is 29.3 Å². The van der Waals surface area contributed by atoms with E-state index in [1.807, 2.05) is 42.5 Å². The summed E-state index contributed by atoms with van der Waals surface area (Å²) in [7, 11) is 1.58. The molecule has 0 fully saturated rings. The number of hydrogen-bond donors (Lipinski definition) is 0. The summed E-state index contributed by atoms with van der Waals surface area (Å²) in [5.41, 5.74) is 3.21. The van der Waals surface area contributed by atoms with Crippen LogP contribution in [0.3, 0.4) is 0 Å². The van der Waals surface area contributed by atoms with Crippen LogP contribution in [0, 0.1) is 10.1 Å². The minimum atomic E-state index is -0.436. The standard InChI is InChI=1S/C23H19N3O4S/c1-30-14-13-25-20-15-19(26(28)29)11-12-21(20)31-23(25)24-22(27)18-9-7-17(8-10-18)16-5-3-2-4-6-16/h2-12,15H,13-14H2,1H3. The number of carbonyl (C=O) groups excluding carboxylic acids is 1. The Balaban J connectivity index is 1.72. The summed E-state index contributed by atoms with van der Waals surface area (Å²) in [6.07, 6.45) is 0. The highest BCUT2D eigenvalue weighted by Gasteiger charge is 2.13. The Morgan fingerprint density at radius 1 is 1.06 bits per heavy atom. The van der Waals surface area contributed by atoms with Crippen molar-refractivity contribution < 1.29 is 14.5 Å². The number of methoxy groups -OCH3 is 1. The number of thiazole rings is 1. The van der Waals surface area contributed by atoms with Crippen molar-refractivity contribution in [2.24, 2.45) is 4.99 Å². The van der Waals surface area contributed by atoms with Crippen molar-refractivity contribution in [1.29, 1.82) is 0 Å². The molecule has 31 heavy (non-hydrogen) atoms. The van der Waals surface area contributed by atoms with Crippen molar-refractivity contribution in [1.82, 2.24) is 4.57 Å². The molecular formula is C23H19N3O4S. The SMILES string of the molecule is COCCn1c(=NC(=O)c2ccc(-c3ccccc3)cc2)sc2ccc([N+](=O)[O-])cc21. The predicted octanol–water partition coefficient (Wildman–Crippen LogP) is 4.67. The number of nitro benzene ring substituents is 1. The lowest BCUT2D eigenvalue weighted by atomic mass is 10.0. The van der Waals surface area contributed by atoms with E-state index in [0.717, 1.165) is 15.8 Å². The van der Waals surface area contributed by atoms with E-state index in [9.17, 15) is 14.9 Å². The quantitative estimate of drug-likeness (QED) is 0.327. The number of benzene rings is 3. The van der Waals surface area contributed by atoms with Crippen LogP contribution in [0.15, 0.2) is 77.8 Å². The van der Waals surface area contributed by atoms with Gasteiger partial charge < -0.3 is 9.30 Å². The Morgan fingerprint density at radius 3 is 2.45 bits per heavy atom.